The Hall–Kier alpha value is -0.0900. The number of hydrogen-bond donors (Lipinski definition) is 1. The van der Waals surface area contributed by atoms with Gasteiger partial charge in [-0.15, -0.1) is 0 Å². The molecule has 1 fully saturated rings. The molecule has 4 heteroatoms. The number of nitrogens with one attached hydrogen (secondary N) is 1. The van der Waals surface area contributed by atoms with Gasteiger partial charge in [0.1, 0.15) is 9.84 Å². The summed E-state index contributed by atoms with van der Waals surface area (Å²) in [6.07, 6.45) is 8.41. The topological polar surface area (TPSA) is 46.2 Å². The second-order valence-corrected chi connectivity index (χ2v) is 6.97. The van der Waals surface area contributed by atoms with Crippen LogP contribution in [0.5, 0.6) is 0 Å². The van der Waals surface area contributed by atoms with Crippen LogP contribution < -0.4 is 5.32 Å². The molecule has 1 aliphatic rings. The largest absolute Gasteiger partial charge is 0.317 e. The first-order chi connectivity index (χ1) is 7.03. The maximum Gasteiger partial charge on any atom is 0.147 e. The van der Waals surface area contributed by atoms with Gasteiger partial charge in [0.2, 0.25) is 0 Å². The Balaban J connectivity index is 2.27. The van der Waals surface area contributed by atoms with Crippen molar-refractivity contribution >= 4 is 9.84 Å². The Kier molecular flexibility index (Phi) is 5.06. The van der Waals surface area contributed by atoms with Crippen molar-refractivity contribution in [2.24, 2.45) is 5.92 Å². The number of rotatable bonds is 6. The summed E-state index contributed by atoms with van der Waals surface area (Å²) >= 11 is 0. The van der Waals surface area contributed by atoms with Crippen LogP contribution >= 0.6 is 0 Å². The van der Waals surface area contributed by atoms with Gasteiger partial charge < -0.3 is 5.32 Å². The van der Waals surface area contributed by atoms with E-state index in [1.54, 1.807) is 0 Å². The van der Waals surface area contributed by atoms with Crippen LogP contribution in [0.3, 0.4) is 0 Å². The molecule has 3 nitrogen and oxygen atoms in total. The minimum absolute atomic E-state index is 0.331. The summed E-state index contributed by atoms with van der Waals surface area (Å²) in [5, 5.41) is 3.34. The Morgan fingerprint density at radius 3 is 2.40 bits per heavy atom. The van der Waals surface area contributed by atoms with Crippen molar-refractivity contribution in [2.45, 2.75) is 44.6 Å². The summed E-state index contributed by atoms with van der Waals surface area (Å²) in [4.78, 5) is 0. The predicted octanol–water partition coefficient (Wildman–Crippen LogP) is 1.59. The zero-order chi connectivity index (χ0) is 11.3. The van der Waals surface area contributed by atoms with E-state index >= 15 is 0 Å². The molecular formula is C11H23NO2S. The Morgan fingerprint density at radius 2 is 1.93 bits per heavy atom. The van der Waals surface area contributed by atoms with E-state index in [2.05, 4.69) is 5.32 Å². The summed E-state index contributed by atoms with van der Waals surface area (Å²) in [5.41, 5.74) is 0. The van der Waals surface area contributed by atoms with E-state index in [0.717, 1.165) is 18.8 Å². The minimum Gasteiger partial charge on any atom is -0.317 e. The second kappa shape index (κ2) is 5.85. The van der Waals surface area contributed by atoms with E-state index in [0.29, 0.717) is 11.8 Å². The van der Waals surface area contributed by atoms with Gasteiger partial charge in [-0.05, 0) is 38.6 Å². The smallest absolute Gasteiger partial charge is 0.147 e. The molecule has 0 aromatic carbocycles. The summed E-state index contributed by atoms with van der Waals surface area (Å²) in [6.45, 7) is 0. The summed E-state index contributed by atoms with van der Waals surface area (Å²) in [6, 6.07) is 0.522. The van der Waals surface area contributed by atoms with Gasteiger partial charge in [0.25, 0.3) is 0 Å². The molecule has 1 rings (SSSR count). The van der Waals surface area contributed by atoms with E-state index in [1.807, 2.05) is 7.05 Å². The van der Waals surface area contributed by atoms with Gasteiger partial charge in [-0.2, -0.15) is 0 Å². The summed E-state index contributed by atoms with van der Waals surface area (Å²) in [7, 11) is -0.790. The van der Waals surface area contributed by atoms with Crippen LogP contribution in [-0.2, 0) is 9.84 Å². The zero-order valence-corrected chi connectivity index (χ0v) is 10.6. The molecule has 0 aromatic heterocycles. The van der Waals surface area contributed by atoms with Gasteiger partial charge in [0.15, 0.2) is 0 Å². The minimum atomic E-state index is -2.78. The van der Waals surface area contributed by atoms with Crippen molar-refractivity contribution in [1.82, 2.24) is 5.32 Å². The highest BCUT2D eigenvalue weighted by Gasteiger charge is 2.23. The van der Waals surface area contributed by atoms with E-state index < -0.39 is 9.84 Å². The molecule has 1 unspecified atom stereocenters. The van der Waals surface area contributed by atoms with Crippen molar-refractivity contribution in [2.75, 3.05) is 19.1 Å². The maximum atomic E-state index is 11.0. The molecule has 1 atom stereocenters. The molecule has 15 heavy (non-hydrogen) atoms. The number of hydrogen-bond acceptors (Lipinski definition) is 3. The SMILES string of the molecule is CNC(CCCS(C)(=O)=O)C1CCCC1. The third-order valence-electron chi connectivity index (χ3n) is 3.37. The number of sulfone groups is 1. The lowest BCUT2D eigenvalue weighted by Crippen LogP contribution is -2.32. The molecule has 0 saturated heterocycles. The van der Waals surface area contributed by atoms with Gasteiger partial charge in [-0.25, -0.2) is 8.42 Å². The maximum absolute atomic E-state index is 11.0. The monoisotopic (exact) mass is 233 g/mol. The average molecular weight is 233 g/mol. The van der Waals surface area contributed by atoms with Crippen molar-refractivity contribution in [3.8, 4) is 0 Å². The molecule has 1 N–H and O–H groups in total. The summed E-state index contributed by atoms with van der Waals surface area (Å²) in [5.74, 6) is 1.10. The van der Waals surface area contributed by atoms with Gasteiger partial charge in [-0.3, -0.25) is 0 Å². The highest BCUT2D eigenvalue weighted by molar-refractivity contribution is 7.90. The Morgan fingerprint density at radius 1 is 1.33 bits per heavy atom. The van der Waals surface area contributed by atoms with Crippen LogP contribution in [-0.4, -0.2) is 33.5 Å². The summed E-state index contributed by atoms with van der Waals surface area (Å²) < 4.78 is 22.0. The third-order valence-corrected chi connectivity index (χ3v) is 4.40. The first-order valence-electron chi connectivity index (χ1n) is 5.88. The molecule has 0 heterocycles. The van der Waals surface area contributed by atoms with Crippen molar-refractivity contribution in [1.29, 1.82) is 0 Å². The Labute approximate surface area is 93.6 Å². The molecule has 0 amide bonds. The Bertz CT molecular complexity index is 268. The molecule has 90 valence electrons. The lowest BCUT2D eigenvalue weighted by Gasteiger charge is -2.22. The average Bonchev–Trinajstić information content (AvgIpc) is 2.63. The molecule has 0 spiro atoms. The van der Waals surface area contributed by atoms with Gasteiger partial charge in [0, 0.05) is 18.1 Å². The van der Waals surface area contributed by atoms with E-state index in [4.69, 9.17) is 0 Å². The van der Waals surface area contributed by atoms with Gasteiger partial charge >= 0.3 is 0 Å². The first-order valence-corrected chi connectivity index (χ1v) is 7.94. The normalized spacial score (nSPS) is 20.7. The molecule has 1 aliphatic carbocycles. The van der Waals surface area contributed by atoms with E-state index in [9.17, 15) is 8.42 Å². The lowest BCUT2D eigenvalue weighted by atomic mass is 9.95. The van der Waals surface area contributed by atoms with E-state index in [-0.39, 0.29) is 0 Å². The van der Waals surface area contributed by atoms with Crippen LogP contribution in [0.1, 0.15) is 38.5 Å². The molecule has 0 radical (unpaired) electrons. The standard InChI is InChI=1S/C11H23NO2S/c1-12-11(10-6-3-4-7-10)8-5-9-15(2,13)14/h10-12H,3-9H2,1-2H3. The van der Waals surface area contributed by atoms with Crippen LogP contribution in [0.15, 0.2) is 0 Å². The molecule has 0 bridgehead atoms. The van der Waals surface area contributed by atoms with Gasteiger partial charge in [0.05, 0.1) is 0 Å². The van der Waals surface area contributed by atoms with Crippen molar-refractivity contribution in [3.63, 3.8) is 0 Å². The molecule has 0 aliphatic heterocycles. The second-order valence-electron chi connectivity index (χ2n) is 4.71. The van der Waals surface area contributed by atoms with Crippen LogP contribution in [0, 0.1) is 5.92 Å². The van der Waals surface area contributed by atoms with Crippen molar-refractivity contribution in [3.05, 3.63) is 0 Å². The molecule has 1 saturated carbocycles. The molecular weight excluding hydrogens is 210 g/mol. The van der Waals surface area contributed by atoms with Gasteiger partial charge in [-0.1, -0.05) is 12.8 Å². The molecule has 0 aromatic rings. The predicted molar refractivity (Wildman–Crippen MR) is 63.8 cm³/mol. The fourth-order valence-electron chi connectivity index (χ4n) is 2.54. The quantitative estimate of drug-likeness (QED) is 0.758. The highest BCUT2D eigenvalue weighted by atomic mass is 32.2. The van der Waals surface area contributed by atoms with Crippen LogP contribution in [0.2, 0.25) is 0 Å². The fourth-order valence-corrected chi connectivity index (χ4v) is 3.23. The van der Waals surface area contributed by atoms with E-state index in [1.165, 1.54) is 31.9 Å². The van der Waals surface area contributed by atoms with Crippen molar-refractivity contribution < 1.29 is 8.42 Å². The fraction of sp³-hybridized carbons (Fsp3) is 1.00. The van der Waals surface area contributed by atoms with Crippen LogP contribution in [0.4, 0.5) is 0 Å². The zero-order valence-electron chi connectivity index (χ0n) is 9.83. The lowest BCUT2D eigenvalue weighted by molar-refractivity contribution is 0.357. The van der Waals surface area contributed by atoms with Crippen LogP contribution in [0.25, 0.3) is 0 Å². The third kappa shape index (κ3) is 4.98. The first kappa shape index (κ1) is 13.0. The highest BCUT2D eigenvalue weighted by Crippen LogP contribution is 2.29.